The van der Waals surface area contributed by atoms with Crippen LogP contribution in [0.4, 0.5) is 5.69 Å². The highest BCUT2D eigenvalue weighted by molar-refractivity contribution is 5.83. The van der Waals surface area contributed by atoms with E-state index in [2.05, 4.69) is 11.0 Å². The lowest BCUT2D eigenvalue weighted by atomic mass is 9.97. The van der Waals surface area contributed by atoms with Crippen LogP contribution in [0.25, 0.3) is 11.1 Å². The fourth-order valence-corrected chi connectivity index (χ4v) is 3.37. The maximum Gasteiger partial charge on any atom is 0.161 e. The van der Waals surface area contributed by atoms with E-state index in [0.717, 1.165) is 22.6 Å². The van der Waals surface area contributed by atoms with Crippen molar-refractivity contribution in [1.82, 2.24) is 0 Å². The summed E-state index contributed by atoms with van der Waals surface area (Å²) in [6.45, 7) is 2.42. The molecule has 2 aromatic carbocycles. The normalized spacial score (nSPS) is 16.4. The molecule has 5 heteroatoms. The van der Waals surface area contributed by atoms with E-state index >= 15 is 0 Å². The second kappa shape index (κ2) is 6.48. The second-order valence-electron chi connectivity index (χ2n) is 6.20. The summed E-state index contributed by atoms with van der Waals surface area (Å²) < 4.78 is 11.2. The molecule has 2 aliphatic rings. The summed E-state index contributed by atoms with van der Waals surface area (Å²) in [5.41, 5.74) is 3.32. The van der Waals surface area contributed by atoms with Crippen molar-refractivity contribution in [1.29, 1.82) is 5.26 Å². The number of rotatable bonds is 2. The first-order valence-electron chi connectivity index (χ1n) is 8.46. The Labute approximate surface area is 146 Å². The van der Waals surface area contributed by atoms with Crippen molar-refractivity contribution < 1.29 is 14.3 Å². The van der Waals surface area contributed by atoms with Crippen LogP contribution in [0.1, 0.15) is 18.4 Å². The minimum atomic E-state index is 0.290. The minimum Gasteiger partial charge on any atom is -0.486 e. The van der Waals surface area contributed by atoms with E-state index in [1.165, 1.54) is 0 Å². The average molecular weight is 334 g/mol. The number of carbonyl (C=O) groups is 1. The first-order valence-corrected chi connectivity index (χ1v) is 8.46. The minimum absolute atomic E-state index is 0.290. The fraction of sp³-hybridized carbons (Fsp3) is 0.300. The Kier molecular flexibility index (Phi) is 4.02. The summed E-state index contributed by atoms with van der Waals surface area (Å²) in [5.74, 6) is 1.73. The van der Waals surface area contributed by atoms with Crippen molar-refractivity contribution in [3.8, 4) is 28.7 Å². The Morgan fingerprint density at radius 3 is 2.52 bits per heavy atom. The van der Waals surface area contributed by atoms with E-state index in [9.17, 15) is 10.1 Å². The smallest absolute Gasteiger partial charge is 0.161 e. The molecule has 0 unspecified atom stereocenters. The predicted molar refractivity (Wildman–Crippen MR) is 94.0 cm³/mol. The van der Waals surface area contributed by atoms with Crippen LogP contribution < -0.4 is 14.4 Å². The lowest BCUT2D eigenvalue weighted by Gasteiger charge is -2.29. The van der Waals surface area contributed by atoms with Gasteiger partial charge in [-0.25, -0.2) is 0 Å². The number of nitrogens with zero attached hydrogens (tertiary/aromatic N) is 2. The number of Topliss-reactive ketones (excluding diaryl/α,β-unsaturated/α-hetero) is 1. The molecule has 126 valence electrons. The Morgan fingerprint density at radius 1 is 1.00 bits per heavy atom. The molecule has 0 bridgehead atoms. The van der Waals surface area contributed by atoms with E-state index in [0.29, 0.717) is 50.5 Å². The van der Waals surface area contributed by atoms with Crippen LogP contribution in [0.15, 0.2) is 36.4 Å². The summed E-state index contributed by atoms with van der Waals surface area (Å²) in [4.78, 5) is 13.6. The molecule has 2 aliphatic heterocycles. The summed E-state index contributed by atoms with van der Waals surface area (Å²) in [5, 5.41) is 9.78. The van der Waals surface area contributed by atoms with Gasteiger partial charge < -0.3 is 14.4 Å². The molecule has 4 rings (SSSR count). The van der Waals surface area contributed by atoms with Crippen molar-refractivity contribution >= 4 is 11.5 Å². The fourth-order valence-electron chi connectivity index (χ4n) is 3.37. The molecule has 1 fully saturated rings. The average Bonchev–Trinajstić information content (AvgIpc) is 2.67. The molecule has 0 saturated carbocycles. The predicted octanol–water partition coefficient (Wildman–Crippen LogP) is 3.17. The highest BCUT2D eigenvalue weighted by Crippen LogP contribution is 2.37. The van der Waals surface area contributed by atoms with Gasteiger partial charge in [-0.05, 0) is 23.8 Å². The second-order valence-corrected chi connectivity index (χ2v) is 6.20. The van der Waals surface area contributed by atoms with Crippen molar-refractivity contribution in [3.05, 3.63) is 42.0 Å². The van der Waals surface area contributed by atoms with Gasteiger partial charge in [0.25, 0.3) is 0 Å². The molecule has 0 N–H and O–H groups in total. The van der Waals surface area contributed by atoms with E-state index < -0.39 is 0 Å². The molecule has 25 heavy (non-hydrogen) atoms. The highest BCUT2D eigenvalue weighted by Gasteiger charge is 2.21. The van der Waals surface area contributed by atoms with Crippen LogP contribution in [0, 0.1) is 11.3 Å². The van der Waals surface area contributed by atoms with Crippen LogP contribution in [0.2, 0.25) is 0 Å². The van der Waals surface area contributed by atoms with Gasteiger partial charge in [0.15, 0.2) is 11.5 Å². The molecule has 0 aliphatic carbocycles. The molecule has 2 aromatic rings. The first kappa shape index (κ1) is 15.5. The quantitative estimate of drug-likeness (QED) is 0.844. The Morgan fingerprint density at radius 2 is 1.76 bits per heavy atom. The van der Waals surface area contributed by atoms with Gasteiger partial charge in [-0.3, -0.25) is 4.79 Å². The number of ketones is 1. The zero-order chi connectivity index (χ0) is 17.2. The van der Waals surface area contributed by atoms with Gasteiger partial charge in [0.2, 0.25) is 0 Å². The Bertz CT molecular complexity index is 860. The standard InChI is InChI=1S/C20H18N2O3/c21-13-17-16(14-4-5-19-20(12-14)25-11-10-24-19)2-1-3-18(17)22-8-6-15(23)7-9-22/h1-5,12H,6-11H2. The number of anilines is 1. The monoisotopic (exact) mass is 334 g/mol. The summed E-state index contributed by atoms with van der Waals surface area (Å²) >= 11 is 0. The van der Waals surface area contributed by atoms with Crippen LogP contribution in [0.3, 0.4) is 0 Å². The third kappa shape index (κ3) is 2.91. The molecule has 0 atom stereocenters. The molecule has 0 radical (unpaired) electrons. The topological polar surface area (TPSA) is 62.6 Å². The Balaban J connectivity index is 1.74. The molecule has 5 nitrogen and oxygen atoms in total. The lowest BCUT2D eigenvalue weighted by Crippen LogP contribution is -2.34. The first-order chi connectivity index (χ1) is 12.3. The number of hydrogen-bond acceptors (Lipinski definition) is 5. The molecule has 2 heterocycles. The molecule has 0 spiro atoms. The molecule has 0 amide bonds. The number of carbonyl (C=O) groups excluding carboxylic acids is 1. The van der Waals surface area contributed by atoms with Gasteiger partial charge in [0.1, 0.15) is 25.1 Å². The highest BCUT2D eigenvalue weighted by atomic mass is 16.6. The van der Waals surface area contributed by atoms with Crippen molar-refractivity contribution in [2.75, 3.05) is 31.2 Å². The van der Waals surface area contributed by atoms with E-state index in [-0.39, 0.29) is 5.78 Å². The van der Waals surface area contributed by atoms with Crippen LogP contribution in [-0.2, 0) is 4.79 Å². The molecule has 1 saturated heterocycles. The van der Waals surface area contributed by atoms with Gasteiger partial charge >= 0.3 is 0 Å². The Hall–Kier alpha value is -3.00. The number of ether oxygens (including phenoxy) is 2. The van der Waals surface area contributed by atoms with E-state index in [4.69, 9.17) is 9.47 Å². The van der Waals surface area contributed by atoms with E-state index in [1.54, 1.807) is 0 Å². The molecule has 0 aromatic heterocycles. The van der Waals surface area contributed by atoms with Gasteiger partial charge in [-0.2, -0.15) is 5.26 Å². The number of nitriles is 1. The maximum atomic E-state index is 11.5. The SMILES string of the molecule is N#Cc1c(-c2ccc3c(c2)OCCO3)cccc1N1CCC(=O)CC1. The van der Waals surface area contributed by atoms with Gasteiger partial charge in [0.05, 0.1) is 11.3 Å². The van der Waals surface area contributed by atoms with Crippen molar-refractivity contribution in [2.45, 2.75) is 12.8 Å². The molecular formula is C20H18N2O3. The number of piperidine rings is 1. The van der Waals surface area contributed by atoms with Gasteiger partial charge in [-0.15, -0.1) is 0 Å². The van der Waals surface area contributed by atoms with E-state index in [1.807, 2.05) is 36.4 Å². The largest absolute Gasteiger partial charge is 0.486 e. The summed E-state index contributed by atoms with van der Waals surface area (Å²) in [6, 6.07) is 14.0. The van der Waals surface area contributed by atoms with Crippen molar-refractivity contribution in [3.63, 3.8) is 0 Å². The third-order valence-electron chi connectivity index (χ3n) is 4.67. The van der Waals surface area contributed by atoms with Crippen LogP contribution >= 0.6 is 0 Å². The molecular weight excluding hydrogens is 316 g/mol. The van der Waals surface area contributed by atoms with Crippen LogP contribution in [-0.4, -0.2) is 32.1 Å². The van der Waals surface area contributed by atoms with Crippen LogP contribution in [0.5, 0.6) is 11.5 Å². The lowest BCUT2D eigenvalue weighted by molar-refractivity contribution is -0.119. The van der Waals surface area contributed by atoms with Gasteiger partial charge in [0, 0.05) is 31.5 Å². The number of benzene rings is 2. The summed E-state index contributed by atoms with van der Waals surface area (Å²) in [6.07, 6.45) is 1.08. The maximum absolute atomic E-state index is 11.5. The summed E-state index contributed by atoms with van der Waals surface area (Å²) in [7, 11) is 0. The van der Waals surface area contributed by atoms with Crippen molar-refractivity contribution in [2.24, 2.45) is 0 Å². The third-order valence-corrected chi connectivity index (χ3v) is 4.67. The number of hydrogen-bond donors (Lipinski definition) is 0. The zero-order valence-electron chi connectivity index (χ0n) is 13.8. The zero-order valence-corrected chi connectivity index (χ0v) is 13.8. The van der Waals surface area contributed by atoms with Gasteiger partial charge in [-0.1, -0.05) is 18.2 Å². The number of fused-ring (bicyclic) bond motifs is 1.